The Labute approximate surface area is 143 Å². The summed E-state index contributed by atoms with van der Waals surface area (Å²) in [4.78, 5) is 35.9. The first-order valence-electron chi connectivity index (χ1n) is 7.23. The van der Waals surface area contributed by atoms with E-state index < -0.39 is 17.4 Å². The maximum atomic E-state index is 12.5. The van der Waals surface area contributed by atoms with Crippen LogP contribution < -0.4 is 10.6 Å². The standard InChI is InChI=1S/C17H18N2O4S/c1-10(20)18-15-12(14(21)19-17(2,3)16(22)23)9-13(24-15)11-7-5-4-6-8-11/h4-9H,1-3H3,(H,18,20)(H,19,21)(H,22,23). The molecule has 0 saturated heterocycles. The largest absolute Gasteiger partial charge is 0.480 e. The average Bonchev–Trinajstić information content (AvgIpc) is 2.90. The van der Waals surface area contributed by atoms with Crippen molar-refractivity contribution < 1.29 is 19.5 Å². The van der Waals surface area contributed by atoms with Crippen LogP contribution in [0.15, 0.2) is 36.4 Å². The van der Waals surface area contributed by atoms with Crippen molar-refractivity contribution in [2.45, 2.75) is 26.3 Å². The lowest BCUT2D eigenvalue weighted by atomic mass is 10.1. The molecule has 3 N–H and O–H groups in total. The predicted molar refractivity (Wildman–Crippen MR) is 93.2 cm³/mol. The van der Waals surface area contributed by atoms with Gasteiger partial charge in [-0.25, -0.2) is 4.79 Å². The minimum Gasteiger partial charge on any atom is -0.480 e. The molecule has 6 nitrogen and oxygen atoms in total. The van der Waals surface area contributed by atoms with E-state index in [0.29, 0.717) is 5.00 Å². The van der Waals surface area contributed by atoms with E-state index in [2.05, 4.69) is 10.6 Å². The molecule has 1 aromatic heterocycles. The SMILES string of the molecule is CC(=O)Nc1sc(-c2ccccc2)cc1C(=O)NC(C)(C)C(=O)O. The van der Waals surface area contributed by atoms with Crippen LogP contribution in [0.3, 0.4) is 0 Å². The Morgan fingerprint density at radius 1 is 1.12 bits per heavy atom. The molecule has 0 spiro atoms. The normalized spacial score (nSPS) is 11.0. The molecule has 24 heavy (non-hydrogen) atoms. The van der Waals surface area contributed by atoms with E-state index in [0.717, 1.165) is 10.4 Å². The zero-order valence-corrected chi connectivity index (χ0v) is 14.4. The van der Waals surface area contributed by atoms with Crippen molar-refractivity contribution in [2.75, 3.05) is 5.32 Å². The third-order valence-corrected chi connectivity index (χ3v) is 4.38. The van der Waals surface area contributed by atoms with Crippen LogP contribution in [-0.2, 0) is 9.59 Å². The molecule has 0 aliphatic carbocycles. The van der Waals surface area contributed by atoms with Crippen LogP contribution in [0.25, 0.3) is 10.4 Å². The fraction of sp³-hybridized carbons (Fsp3) is 0.235. The number of nitrogens with one attached hydrogen (secondary N) is 2. The van der Waals surface area contributed by atoms with Gasteiger partial charge in [0.15, 0.2) is 0 Å². The van der Waals surface area contributed by atoms with Gasteiger partial charge in [-0.1, -0.05) is 30.3 Å². The number of amides is 2. The third-order valence-electron chi connectivity index (χ3n) is 3.29. The molecule has 7 heteroatoms. The molecule has 0 unspecified atom stereocenters. The van der Waals surface area contributed by atoms with E-state index in [1.807, 2.05) is 30.3 Å². The molecule has 1 heterocycles. The molecule has 2 amide bonds. The molecule has 2 rings (SSSR count). The van der Waals surface area contributed by atoms with Gasteiger partial charge in [0, 0.05) is 11.8 Å². The Morgan fingerprint density at radius 2 is 1.75 bits per heavy atom. The second-order valence-corrected chi connectivity index (χ2v) is 6.84. The molecule has 126 valence electrons. The number of carbonyl (C=O) groups excluding carboxylic acids is 2. The van der Waals surface area contributed by atoms with Crippen LogP contribution in [0.4, 0.5) is 5.00 Å². The maximum absolute atomic E-state index is 12.5. The molecule has 0 fully saturated rings. The number of benzene rings is 1. The first-order valence-corrected chi connectivity index (χ1v) is 8.05. The quantitative estimate of drug-likeness (QED) is 0.775. The van der Waals surface area contributed by atoms with E-state index in [-0.39, 0.29) is 11.5 Å². The summed E-state index contributed by atoms with van der Waals surface area (Å²) in [6, 6.07) is 11.1. The summed E-state index contributed by atoms with van der Waals surface area (Å²) in [6.45, 7) is 4.15. The number of aliphatic carboxylic acids is 1. The van der Waals surface area contributed by atoms with Gasteiger partial charge in [-0.05, 0) is 25.5 Å². The van der Waals surface area contributed by atoms with Gasteiger partial charge in [0.05, 0.1) is 5.56 Å². The molecular weight excluding hydrogens is 328 g/mol. The van der Waals surface area contributed by atoms with Crippen molar-refractivity contribution in [3.63, 3.8) is 0 Å². The topological polar surface area (TPSA) is 95.5 Å². The highest BCUT2D eigenvalue weighted by atomic mass is 32.1. The van der Waals surface area contributed by atoms with Crippen molar-refractivity contribution in [1.82, 2.24) is 5.32 Å². The van der Waals surface area contributed by atoms with Crippen molar-refractivity contribution in [1.29, 1.82) is 0 Å². The minimum absolute atomic E-state index is 0.239. The van der Waals surface area contributed by atoms with Crippen LogP contribution in [0.1, 0.15) is 31.1 Å². The first kappa shape index (κ1) is 17.7. The van der Waals surface area contributed by atoms with Gasteiger partial charge in [-0.15, -0.1) is 11.3 Å². The van der Waals surface area contributed by atoms with Gasteiger partial charge in [0.2, 0.25) is 5.91 Å². The summed E-state index contributed by atoms with van der Waals surface area (Å²) >= 11 is 1.26. The van der Waals surface area contributed by atoms with Gasteiger partial charge in [0.25, 0.3) is 5.91 Å². The minimum atomic E-state index is -1.42. The van der Waals surface area contributed by atoms with Gasteiger partial charge in [-0.2, -0.15) is 0 Å². The molecule has 0 radical (unpaired) electrons. The zero-order valence-electron chi connectivity index (χ0n) is 13.5. The number of carbonyl (C=O) groups is 3. The summed E-state index contributed by atoms with van der Waals surface area (Å²) in [5.74, 6) is -2.00. The lowest BCUT2D eigenvalue weighted by Crippen LogP contribution is -2.49. The monoisotopic (exact) mass is 346 g/mol. The van der Waals surface area contributed by atoms with Gasteiger partial charge in [-0.3, -0.25) is 9.59 Å². The van der Waals surface area contributed by atoms with Gasteiger partial charge in [0.1, 0.15) is 10.5 Å². The number of hydrogen-bond donors (Lipinski definition) is 3. The fourth-order valence-corrected chi connectivity index (χ4v) is 3.07. The summed E-state index contributed by atoms with van der Waals surface area (Å²) in [6.07, 6.45) is 0. The van der Waals surface area contributed by atoms with Gasteiger partial charge >= 0.3 is 5.97 Å². The second kappa shape index (κ2) is 6.84. The molecule has 0 atom stereocenters. The van der Waals surface area contributed by atoms with Crippen molar-refractivity contribution >= 4 is 34.1 Å². The Balaban J connectivity index is 2.40. The van der Waals surface area contributed by atoms with Crippen LogP contribution in [0.5, 0.6) is 0 Å². The van der Waals surface area contributed by atoms with Crippen LogP contribution in [0.2, 0.25) is 0 Å². The first-order chi connectivity index (χ1) is 11.2. The maximum Gasteiger partial charge on any atom is 0.328 e. The second-order valence-electron chi connectivity index (χ2n) is 5.78. The highest BCUT2D eigenvalue weighted by Crippen LogP contribution is 2.35. The van der Waals surface area contributed by atoms with Crippen molar-refractivity contribution in [2.24, 2.45) is 0 Å². The van der Waals surface area contributed by atoms with E-state index in [1.54, 1.807) is 6.07 Å². The molecule has 1 aromatic carbocycles. The zero-order chi connectivity index (χ0) is 17.9. The fourth-order valence-electron chi connectivity index (χ4n) is 1.96. The third kappa shape index (κ3) is 3.99. The highest BCUT2D eigenvalue weighted by molar-refractivity contribution is 7.20. The van der Waals surface area contributed by atoms with Crippen LogP contribution in [-0.4, -0.2) is 28.4 Å². The number of carboxylic acid groups (broad SMARTS) is 1. The van der Waals surface area contributed by atoms with E-state index >= 15 is 0 Å². The number of hydrogen-bond acceptors (Lipinski definition) is 4. The predicted octanol–water partition coefficient (Wildman–Crippen LogP) is 2.97. The van der Waals surface area contributed by atoms with E-state index in [4.69, 9.17) is 5.11 Å². The molecular formula is C17H18N2O4S. The summed E-state index contributed by atoms with van der Waals surface area (Å²) in [5, 5.41) is 14.6. The molecule has 0 bridgehead atoms. The summed E-state index contributed by atoms with van der Waals surface area (Å²) in [5.41, 5.74) is -0.270. The number of anilines is 1. The molecule has 0 saturated carbocycles. The van der Waals surface area contributed by atoms with Crippen molar-refractivity contribution in [3.05, 3.63) is 42.0 Å². The Morgan fingerprint density at radius 3 is 2.29 bits per heavy atom. The number of carboxylic acids is 1. The lowest BCUT2D eigenvalue weighted by molar-refractivity contribution is -0.143. The smallest absolute Gasteiger partial charge is 0.328 e. The van der Waals surface area contributed by atoms with E-state index in [1.165, 1.54) is 32.1 Å². The molecule has 0 aliphatic heterocycles. The molecule has 0 aliphatic rings. The number of thiophene rings is 1. The van der Waals surface area contributed by atoms with Crippen LogP contribution in [0, 0.1) is 0 Å². The lowest BCUT2D eigenvalue weighted by Gasteiger charge is -2.21. The summed E-state index contributed by atoms with van der Waals surface area (Å²) < 4.78 is 0. The average molecular weight is 346 g/mol. The Kier molecular flexibility index (Phi) is 5.04. The molecule has 2 aromatic rings. The Hall–Kier alpha value is -2.67. The van der Waals surface area contributed by atoms with Crippen LogP contribution >= 0.6 is 11.3 Å². The Bertz CT molecular complexity index is 781. The van der Waals surface area contributed by atoms with E-state index in [9.17, 15) is 14.4 Å². The van der Waals surface area contributed by atoms with Gasteiger partial charge < -0.3 is 15.7 Å². The highest BCUT2D eigenvalue weighted by Gasteiger charge is 2.31. The number of rotatable bonds is 5. The summed E-state index contributed by atoms with van der Waals surface area (Å²) in [7, 11) is 0. The van der Waals surface area contributed by atoms with Crippen molar-refractivity contribution in [3.8, 4) is 10.4 Å².